The number of carbonyl (C=O) groups is 4. The Labute approximate surface area is 251 Å². The molecule has 0 spiro atoms. The Morgan fingerprint density at radius 2 is 1.64 bits per heavy atom. The molecule has 4 aliphatic heterocycles. The molecule has 0 aromatic heterocycles. The number of alkyl halides is 2. The third kappa shape index (κ3) is 5.16. The van der Waals surface area contributed by atoms with Crippen LogP contribution in [0, 0.1) is 0 Å². The molecule has 6 rings (SSSR count). The molecule has 42 heavy (non-hydrogen) atoms. The number of imide groups is 2. The van der Waals surface area contributed by atoms with Gasteiger partial charge in [0.1, 0.15) is 6.04 Å². The summed E-state index contributed by atoms with van der Waals surface area (Å²) in [6, 6.07) is 8.17. The number of likely N-dealkylation sites (tertiary alicyclic amines) is 1. The average Bonchev–Trinajstić information content (AvgIpc) is 3.20. The molecule has 2 atom stereocenters. The molecule has 13 heteroatoms. The lowest BCUT2D eigenvalue weighted by atomic mass is 9.96. The highest BCUT2D eigenvalue weighted by atomic mass is 35.5. The van der Waals surface area contributed by atoms with Gasteiger partial charge >= 0.3 is 0 Å². The number of carbonyl (C=O) groups excluding carboxylic acids is 4. The molecule has 0 aliphatic carbocycles. The third-order valence-corrected chi connectivity index (χ3v) is 9.42. The van der Waals surface area contributed by atoms with Gasteiger partial charge in [0.05, 0.1) is 39.4 Å². The molecule has 3 fully saturated rings. The van der Waals surface area contributed by atoms with Crippen LogP contribution in [0.4, 0.5) is 14.5 Å². The number of halogens is 4. The summed E-state index contributed by atoms with van der Waals surface area (Å²) < 4.78 is 31.2. The van der Waals surface area contributed by atoms with Crippen molar-refractivity contribution in [2.45, 2.75) is 43.8 Å². The number of piperazine rings is 1. The second kappa shape index (κ2) is 11.2. The first-order valence-electron chi connectivity index (χ1n) is 13.9. The van der Waals surface area contributed by atoms with Gasteiger partial charge in [0, 0.05) is 45.7 Å². The van der Waals surface area contributed by atoms with E-state index >= 15 is 8.78 Å². The molecule has 0 bridgehead atoms. The summed E-state index contributed by atoms with van der Waals surface area (Å²) in [5, 5.41) is 3.09. The predicted molar refractivity (Wildman–Crippen MR) is 152 cm³/mol. The van der Waals surface area contributed by atoms with Crippen molar-refractivity contribution in [2.24, 2.45) is 0 Å². The Bertz CT molecular complexity index is 1470. The van der Waals surface area contributed by atoms with Gasteiger partial charge in [-0.1, -0.05) is 41.4 Å². The van der Waals surface area contributed by atoms with Gasteiger partial charge in [0.15, 0.2) is 0 Å². The van der Waals surface area contributed by atoms with Gasteiger partial charge in [-0.25, -0.2) is 8.78 Å². The summed E-state index contributed by atoms with van der Waals surface area (Å²) >= 11 is 12.5. The number of anilines is 1. The molecule has 4 heterocycles. The fourth-order valence-corrected chi connectivity index (χ4v) is 6.97. The zero-order valence-corrected chi connectivity index (χ0v) is 24.1. The SMILES string of the molecule is O=C1CCC(N2C(=O)c3cccc(CN4CCC(N5CCN(c6cccc(Cl)c6Cl)CC5)C(F)(F)C4)c3C2=O)C(=O)N1. The van der Waals surface area contributed by atoms with Crippen LogP contribution in [-0.2, 0) is 16.1 Å². The van der Waals surface area contributed by atoms with E-state index in [1.807, 2.05) is 17.0 Å². The predicted octanol–water partition coefficient (Wildman–Crippen LogP) is 3.43. The number of fused-ring (bicyclic) bond motifs is 1. The molecule has 2 unspecified atom stereocenters. The first-order valence-corrected chi connectivity index (χ1v) is 14.7. The molecular weight excluding hydrogens is 591 g/mol. The van der Waals surface area contributed by atoms with E-state index in [4.69, 9.17) is 23.2 Å². The molecule has 1 N–H and O–H groups in total. The van der Waals surface area contributed by atoms with Crippen molar-refractivity contribution in [3.63, 3.8) is 0 Å². The molecule has 222 valence electrons. The van der Waals surface area contributed by atoms with Gasteiger partial charge in [0.2, 0.25) is 11.8 Å². The van der Waals surface area contributed by atoms with Crippen LogP contribution in [0.2, 0.25) is 10.0 Å². The van der Waals surface area contributed by atoms with E-state index in [0.717, 1.165) is 10.6 Å². The van der Waals surface area contributed by atoms with Crippen molar-refractivity contribution in [1.82, 2.24) is 20.0 Å². The Morgan fingerprint density at radius 1 is 0.905 bits per heavy atom. The van der Waals surface area contributed by atoms with Gasteiger partial charge in [-0.05, 0) is 36.6 Å². The van der Waals surface area contributed by atoms with E-state index in [0.29, 0.717) is 48.3 Å². The topological polar surface area (TPSA) is 93.3 Å². The normalized spacial score (nSPS) is 25.1. The maximum absolute atomic E-state index is 15.6. The fourth-order valence-electron chi connectivity index (χ4n) is 6.55. The monoisotopic (exact) mass is 619 g/mol. The molecule has 2 aromatic rings. The van der Waals surface area contributed by atoms with Crippen LogP contribution in [0.5, 0.6) is 0 Å². The molecule has 0 radical (unpaired) electrons. The Morgan fingerprint density at radius 3 is 2.36 bits per heavy atom. The number of nitrogens with one attached hydrogen (secondary N) is 1. The van der Waals surface area contributed by atoms with Crippen LogP contribution in [0.25, 0.3) is 0 Å². The van der Waals surface area contributed by atoms with Crippen LogP contribution in [-0.4, -0.2) is 95.6 Å². The van der Waals surface area contributed by atoms with E-state index in [1.54, 1.807) is 23.1 Å². The van der Waals surface area contributed by atoms with E-state index in [9.17, 15) is 19.2 Å². The van der Waals surface area contributed by atoms with E-state index in [1.165, 1.54) is 6.07 Å². The van der Waals surface area contributed by atoms with Crippen molar-refractivity contribution in [3.8, 4) is 0 Å². The number of nitrogens with zero attached hydrogens (tertiary/aromatic N) is 4. The highest BCUT2D eigenvalue weighted by molar-refractivity contribution is 6.43. The second-order valence-corrected chi connectivity index (χ2v) is 11.9. The van der Waals surface area contributed by atoms with Crippen LogP contribution in [0.1, 0.15) is 45.5 Å². The second-order valence-electron chi connectivity index (χ2n) is 11.2. The zero-order chi connectivity index (χ0) is 29.8. The average molecular weight is 620 g/mol. The van der Waals surface area contributed by atoms with Crippen molar-refractivity contribution < 1.29 is 28.0 Å². The summed E-state index contributed by atoms with van der Waals surface area (Å²) in [6.07, 6.45) is 0.310. The minimum absolute atomic E-state index is 0.0180. The Balaban J connectivity index is 1.11. The van der Waals surface area contributed by atoms with E-state index in [2.05, 4.69) is 10.2 Å². The number of hydrogen-bond donors (Lipinski definition) is 1. The summed E-state index contributed by atoms with van der Waals surface area (Å²) in [6.45, 7) is 1.99. The Hall–Kier alpha value is -3.12. The maximum atomic E-state index is 15.6. The fraction of sp³-hybridized carbons (Fsp3) is 0.448. The lowest BCUT2D eigenvalue weighted by Crippen LogP contribution is -2.61. The zero-order valence-electron chi connectivity index (χ0n) is 22.6. The van der Waals surface area contributed by atoms with Crippen LogP contribution < -0.4 is 10.2 Å². The highest BCUT2D eigenvalue weighted by Crippen LogP contribution is 2.37. The largest absolute Gasteiger partial charge is 0.368 e. The first-order chi connectivity index (χ1) is 20.0. The molecule has 9 nitrogen and oxygen atoms in total. The quantitative estimate of drug-likeness (QED) is 0.513. The van der Waals surface area contributed by atoms with Crippen LogP contribution in [0.15, 0.2) is 36.4 Å². The van der Waals surface area contributed by atoms with Crippen LogP contribution in [0.3, 0.4) is 0 Å². The number of rotatable bonds is 5. The summed E-state index contributed by atoms with van der Waals surface area (Å²) in [5.74, 6) is -5.40. The highest BCUT2D eigenvalue weighted by Gasteiger charge is 2.49. The number of amides is 4. The number of benzene rings is 2. The first kappa shape index (κ1) is 29.0. The van der Waals surface area contributed by atoms with Crippen LogP contribution >= 0.6 is 23.2 Å². The van der Waals surface area contributed by atoms with Gasteiger partial charge < -0.3 is 4.90 Å². The summed E-state index contributed by atoms with van der Waals surface area (Å²) in [4.78, 5) is 56.9. The lowest BCUT2D eigenvalue weighted by molar-refractivity contribution is -0.136. The molecule has 0 saturated carbocycles. The number of piperidine rings is 2. The molecule has 4 aliphatic rings. The molecule has 3 saturated heterocycles. The van der Waals surface area contributed by atoms with Gasteiger partial charge in [-0.2, -0.15) is 0 Å². The third-order valence-electron chi connectivity index (χ3n) is 8.62. The standard InChI is InChI=1S/C29H29Cl2F2N5O4/c30-19-5-2-6-20(25(19)31)36-11-13-37(14-12-36)22-9-10-35(16-29(22,32)33)15-17-3-1-4-18-24(17)28(42)38(27(18)41)21-7-8-23(39)34-26(21)40/h1-6,21-22H,7-16H2,(H,34,39,40). The Kier molecular flexibility index (Phi) is 7.71. The van der Waals surface area contributed by atoms with Crippen molar-refractivity contribution in [3.05, 3.63) is 63.1 Å². The molecular formula is C29H29Cl2F2N5O4. The minimum atomic E-state index is -3.00. The molecule has 2 aromatic carbocycles. The summed E-state index contributed by atoms with van der Waals surface area (Å²) in [5.41, 5.74) is 1.53. The van der Waals surface area contributed by atoms with E-state index < -0.39 is 48.2 Å². The molecule has 4 amide bonds. The smallest absolute Gasteiger partial charge is 0.275 e. The van der Waals surface area contributed by atoms with Crippen molar-refractivity contribution in [2.75, 3.05) is 44.2 Å². The maximum Gasteiger partial charge on any atom is 0.275 e. The van der Waals surface area contributed by atoms with Crippen molar-refractivity contribution in [1.29, 1.82) is 0 Å². The summed E-state index contributed by atoms with van der Waals surface area (Å²) in [7, 11) is 0. The van der Waals surface area contributed by atoms with Gasteiger partial charge in [-0.15, -0.1) is 0 Å². The lowest BCUT2D eigenvalue weighted by Gasteiger charge is -2.46. The number of hydrogen-bond acceptors (Lipinski definition) is 7. The van der Waals surface area contributed by atoms with Gasteiger partial charge in [0.25, 0.3) is 17.7 Å². The van der Waals surface area contributed by atoms with Gasteiger partial charge in [-0.3, -0.25) is 39.2 Å². The van der Waals surface area contributed by atoms with E-state index in [-0.39, 0.29) is 36.9 Å². The minimum Gasteiger partial charge on any atom is -0.368 e. The van der Waals surface area contributed by atoms with Crippen molar-refractivity contribution >= 4 is 52.5 Å².